The van der Waals surface area contributed by atoms with E-state index in [1.54, 1.807) is 24.3 Å². The van der Waals surface area contributed by atoms with E-state index in [9.17, 15) is 14.4 Å². The Morgan fingerprint density at radius 2 is 1.92 bits per heavy atom. The first kappa shape index (κ1) is 17.5. The summed E-state index contributed by atoms with van der Waals surface area (Å²) in [4.78, 5) is 38.1. The second-order valence-electron chi connectivity index (χ2n) is 6.87. The highest BCUT2D eigenvalue weighted by Gasteiger charge is 2.20. The molecule has 1 N–H and O–H groups in total. The Hall–Kier alpha value is -2.37. The molecular weight excluding hydrogens is 318 g/mol. The number of hydrogen-bond acceptors (Lipinski definition) is 3. The fourth-order valence-corrected chi connectivity index (χ4v) is 3.55. The van der Waals surface area contributed by atoms with Crippen molar-refractivity contribution in [3.8, 4) is 0 Å². The minimum atomic E-state index is -0.417. The monoisotopic (exact) mass is 343 g/mol. The number of fused-ring (bicyclic) bond motifs is 1. The molecule has 3 rings (SSSR count). The van der Waals surface area contributed by atoms with Crippen LogP contribution in [0.4, 0.5) is 0 Å². The van der Waals surface area contributed by atoms with Gasteiger partial charge in [0.05, 0.1) is 10.9 Å². The van der Waals surface area contributed by atoms with Crippen LogP contribution in [0.15, 0.2) is 33.9 Å². The van der Waals surface area contributed by atoms with Gasteiger partial charge in [0.2, 0.25) is 5.91 Å². The molecule has 6 heteroatoms. The largest absolute Gasteiger partial charge is 0.352 e. The summed E-state index contributed by atoms with van der Waals surface area (Å²) in [6, 6.07) is 6.98. The molecule has 2 aromatic rings. The topological polar surface area (TPSA) is 73.1 Å². The predicted octanol–water partition coefficient (Wildman–Crippen LogP) is 2.19. The lowest BCUT2D eigenvalue weighted by molar-refractivity contribution is -0.122. The quantitative estimate of drug-likeness (QED) is 0.904. The standard InChI is InChI=1S/C19H25N3O3/c1-3-13(2)22-18(24)15-10-6-7-11-16(15)21(19(22)25)12-17(23)20-14-8-4-5-9-14/h6-7,10-11,13-14H,3-5,8-9,12H2,1-2H3,(H,20,23)/t13-/m1/s1. The molecule has 1 atom stereocenters. The van der Waals surface area contributed by atoms with E-state index in [-0.39, 0.29) is 30.1 Å². The molecule has 1 aromatic carbocycles. The average Bonchev–Trinajstić information content (AvgIpc) is 3.11. The van der Waals surface area contributed by atoms with Crippen molar-refractivity contribution in [3.63, 3.8) is 0 Å². The lowest BCUT2D eigenvalue weighted by Crippen LogP contribution is -2.44. The van der Waals surface area contributed by atoms with E-state index in [1.165, 1.54) is 9.13 Å². The zero-order valence-corrected chi connectivity index (χ0v) is 14.8. The third-order valence-electron chi connectivity index (χ3n) is 5.13. The van der Waals surface area contributed by atoms with Gasteiger partial charge in [-0.25, -0.2) is 4.79 Å². The second-order valence-corrected chi connectivity index (χ2v) is 6.87. The first-order valence-electron chi connectivity index (χ1n) is 9.06. The van der Waals surface area contributed by atoms with Crippen molar-refractivity contribution in [2.75, 3.05) is 0 Å². The van der Waals surface area contributed by atoms with Crippen molar-refractivity contribution >= 4 is 16.8 Å². The highest BCUT2D eigenvalue weighted by atomic mass is 16.2. The van der Waals surface area contributed by atoms with Crippen molar-refractivity contribution in [2.24, 2.45) is 0 Å². The molecule has 1 aromatic heterocycles. The molecule has 6 nitrogen and oxygen atoms in total. The van der Waals surface area contributed by atoms with Crippen LogP contribution in [0.2, 0.25) is 0 Å². The maximum atomic E-state index is 12.9. The third-order valence-corrected chi connectivity index (χ3v) is 5.13. The Balaban J connectivity index is 2.05. The van der Waals surface area contributed by atoms with Gasteiger partial charge in [-0.05, 0) is 38.3 Å². The maximum Gasteiger partial charge on any atom is 0.332 e. The third kappa shape index (κ3) is 3.38. The molecule has 1 aliphatic carbocycles. The molecule has 1 amide bonds. The van der Waals surface area contributed by atoms with Crippen molar-refractivity contribution < 1.29 is 4.79 Å². The Labute approximate surface area is 146 Å². The molecule has 0 aliphatic heterocycles. The first-order valence-corrected chi connectivity index (χ1v) is 9.06. The number of aromatic nitrogens is 2. The van der Waals surface area contributed by atoms with Gasteiger partial charge in [0, 0.05) is 12.1 Å². The Kier molecular flexibility index (Phi) is 5.06. The molecule has 1 heterocycles. The molecule has 1 fully saturated rings. The van der Waals surface area contributed by atoms with E-state index in [0.717, 1.165) is 25.7 Å². The molecule has 1 aliphatic rings. The number of para-hydroxylation sites is 1. The number of nitrogens with zero attached hydrogens (tertiary/aromatic N) is 2. The van der Waals surface area contributed by atoms with Crippen LogP contribution in [0.3, 0.4) is 0 Å². The number of carbonyl (C=O) groups excluding carboxylic acids is 1. The van der Waals surface area contributed by atoms with E-state index in [4.69, 9.17) is 0 Å². The molecule has 134 valence electrons. The second kappa shape index (κ2) is 7.25. The van der Waals surface area contributed by atoms with Gasteiger partial charge in [-0.1, -0.05) is 31.9 Å². The summed E-state index contributed by atoms with van der Waals surface area (Å²) in [6.07, 6.45) is 4.92. The van der Waals surface area contributed by atoms with Gasteiger partial charge in [0.25, 0.3) is 5.56 Å². The SMILES string of the molecule is CC[C@@H](C)n1c(=O)c2ccccc2n(CC(=O)NC2CCCC2)c1=O. The van der Waals surface area contributed by atoms with E-state index >= 15 is 0 Å². The van der Waals surface area contributed by atoms with Crippen molar-refractivity contribution in [1.82, 2.24) is 14.5 Å². The summed E-state index contributed by atoms with van der Waals surface area (Å²) in [5, 5.41) is 3.48. The zero-order valence-electron chi connectivity index (χ0n) is 14.8. The van der Waals surface area contributed by atoms with Crippen molar-refractivity contribution in [1.29, 1.82) is 0 Å². The van der Waals surface area contributed by atoms with E-state index in [0.29, 0.717) is 17.3 Å². The van der Waals surface area contributed by atoms with Gasteiger partial charge in [0.15, 0.2) is 0 Å². The van der Waals surface area contributed by atoms with Crippen LogP contribution in [0.25, 0.3) is 10.9 Å². The lowest BCUT2D eigenvalue weighted by atomic mass is 10.2. The fraction of sp³-hybridized carbons (Fsp3) is 0.526. The molecule has 1 saturated carbocycles. The normalized spacial score (nSPS) is 16.2. The molecule has 0 unspecified atom stereocenters. The molecule has 0 spiro atoms. The Bertz CT molecular complexity index is 891. The zero-order chi connectivity index (χ0) is 18.0. The van der Waals surface area contributed by atoms with E-state index < -0.39 is 5.69 Å². The number of hydrogen-bond donors (Lipinski definition) is 1. The predicted molar refractivity (Wildman–Crippen MR) is 97.9 cm³/mol. The number of benzene rings is 1. The average molecular weight is 343 g/mol. The number of rotatable bonds is 5. The molecule has 0 saturated heterocycles. The van der Waals surface area contributed by atoms with Crippen LogP contribution in [-0.2, 0) is 11.3 Å². The summed E-state index contributed by atoms with van der Waals surface area (Å²) in [7, 11) is 0. The van der Waals surface area contributed by atoms with Crippen molar-refractivity contribution in [2.45, 2.75) is 64.6 Å². The molecule has 0 bridgehead atoms. The van der Waals surface area contributed by atoms with Gasteiger partial charge in [0.1, 0.15) is 6.54 Å². The summed E-state index contributed by atoms with van der Waals surface area (Å²) >= 11 is 0. The number of amides is 1. The van der Waals surface area contributed by atoms with Crippen molar-refractivity contribution in [3.05, 3.63) is 45.1 Å². The summed E-state index contributed by atoms with van der Waals surface area (Å²) < 4.78 is 2.69. The van der Waals surface area contributed by atoms with Gasteiger partial charge < -0.3 is 5.32 Å². The molecular formula is C19H25N3O3. The number of nitrogens with one attached hydrogen (secondary N) is 1. The Morgan fingerprint density at radius 3 is 2.60 bits per heavy atom. The van der Waals surface area contributed by atoms with Crippen LogP contribution >= 0.6 is 0 Å². The van der Waals surface area contributed by atoms with Crippen LogP contribution < -0.4 is 16.6 Å². The van der Waals surface area contributed by atoms with E-state index in [2.05, 4.69) is 5.32 Å². The van der Waals surface area contributed by atoms with Crippen LogP contribution in [0.1, 0.15) is 52.0 Å². The number of carbonyl (C=O) groups is 1. The van der Waals surface area contributed by atoms with Crippen LogP contribution in [-0.4, -0.2) is 21.1 Å². The van der Waals surface area contributed by atoms with E-state index in [1.807, 2.05) is 13.8 Å². The van der Waals surface area contributed by atoms with Gasteiger partial charge in [-0.2, -0.15) is 0 Å². The Morgan fingerprint density at radius 1 is 1.24 bits per heavy atom. The van der Waals surface area contributed by atoms with Crippen LogP contribution in [0, 0.1) is 0 Å². The minimum absolute atomic E-state index is 0.0629. The minimum Gasteiger partial charge on any atom is -0.352 e. The highest BCUT2D eigenvalue weighted by molar-refractivity contribution is 5.81. The van der Waals surface area contributed by atoms with Gasteiger partial charge in [-0.15, -0.1) is 0 Å². The molecule has 0 radical (unpaired) electrons. The summed E-state index contributed by atoms with van der Waals surface area (Å²) in [5.74, 6) is -0.173. The fourth-order valence-electron chi connectivity index (χ4n) is 3.55. The van der Waals surface area contributed by atoms with Gasteiger partial charge >= 0.3 is 5.69 Å². The summed E-state index contributed by atoms with van der Waals surface area (Å²) in [6.45, 7) is 3.72. The lowest BCUT2D eigenvalue weighted by Gasteiger charge is -2.18. The highest BCUT2D eigenvalue weighted by Crippen LogP contribution is 2.17. The smallest absolute Gasteiger partial charge is 0.332 e. The van der Waals surface area contributed by atoms with Gasteiger partial charge in [-0.3, -0.25) is 18.7 Å². The summed E-state index contributed by atoms with van der Waals surface area (Å²) in [5.41, 5.74) is -0.194. The van der Waals surface area contributed by atoms with Crippen LogP contribution in [0.5, 0.6) is 0 Å². The maximum absolute atomic E-state index is 12.9. The molecule has 25 heavy (non-hydrogen) atoms. The first-order chi connectivity index (χ1) is 12.0.